The maximum atomic E-state index is 13.1. The van der Waals surface area contributed by atoms with Crippen molar-refractivity contribution in [1.82, 2.24) is 9.88 Å². The molecule has 0 N–H and O–H groups in total. The van der Waals surface area contributed by atoms with Crippen LogP contribution in [-0.4, -0.2) is 34.6 Å². The van der Waals surface area contributed by atoms with Crippen LogP contribution in [0.15, 0.2) is 41.5 Å². The Morgan fingerprint density at radius 1 is 1.23 bits per heavy atom. The highest BCUT2D eigenvalue weighted by atomic mass is 35.5. The summed E-state index contributed by atoms with van der Waals surface area (Å²) in [5.41, 5.74) is 1.14. The SMILES string of the molecule is CCN1C(=O)/C(=c2\nc3c(s2)=CC=CN3C)SC1=Nc1sc2ccccc2[n+]1C.[Cl-]. The molecule has 2 aliphatic rings. The fourth-order valence-corrected chi connectivity index (χ4v) is 6.52. The van der Waals surface area contributed by atoms with E-state index in [4.69, 9.17) is 9.98 Å². The molecule has 0 radical (unpaired) electrons. The lowest BCUT2D eigenvalue weighted by Crippen LogP contribution is -3.00. The number of halogens is 1. The van der Waals surface area contributed by atoms with E-state index in [1.807, 2.05) is 56.4 Å². The summed E-state index contributed by atoms with van der Waals surface area (Å²) in [6.45, 7) is 2.54. The smallest absolute Gasteiger partial charge is 0.385 e. The summed E-state index contributed by atoms with van der Waals surface area (Å²) in [6, 6.07) is 8.23. The van der Waals surface area contributed by atoms with Crippen LogP contribution in [0.5, 0.6) is 0 Å². The van der Waals surface area contributed by atoms with Gasteiger partial charge < -0.3 is 17.3 Å². The molecule has 1 saturated heterocycles. The van der Waals surface area contributed by atoms with Gasteiger partial charge in [-0.25, -0.2) is 9.55 Å². The van der Waals surface area contributed by atoms with Crippen LogP contribution in [0, 0.1) is 0 Å². The van der Waals surface area contributed by atoms with Crippen LogP contribution in [0.2, 0.25) is 0 Å². The summed E-state index contributed by atoms with van der Waals surface area (Å²) >= 11 is 4.59. The van der Waals surface area contributed by atoms with E-state index in [1.54, 1.807) is 27.6 Å². The molecule has 0 aliphatic carbocycles. The molecule has 0 saturated carbocycles. The van der Waals surface area contributed by atoms with Crippen molar-refractivity contribution in [3.05, 3.63) is 45.7 Å². The second kappa shape index (κ2) is 8.14. The lowest BCUT2D eigenvalue weighted by Gasteiger charge is -2.11. The van der Waals surface area contributed by atoms with E-state index >= 15 is 0 Å². The van der Waals surface area contributed by atoms with Gasteiger partial charge in [0.15, 0.2) is 5.82 Å². The van der Waals surface area contributed by atoms with Crippen LogP contribution in [-0.2, 0) is 11.8 Å². The minimum Gasteiger partial charge on any atom is -1.00 e. The Kier molecular flexibility index (Phi) is 5.71. The van der Waals surface area contributed by atoms with Gasteiger partial charge in [0.1, 0.15) is 15.1 Å². The lowest BCUT2D eigenvalue weighted by molar-refractivity contribution is -0.627. The van der Waals surface area contributed by atoms with Crippen LogP contribution < -0.4 is 31.1 Å². The molecule has 6 nitrogen and oxygen atoms in total. The normalized spacial score (nSPS) is 18.8. The molecule has 154 valence electrons. The number of thioether (sulfide) groups is 1. The van der Waals surface area contributed by atoms with Gasteiger partial charge >= 0.3 is 5.13 Å². The Hall–Kier alpha value is -2.20. The average molecular weight is 476 g/mol. The molecule has 4 heterocycles. The molecule has 10 heteroatoms. The topological polar surface area (TPSA) is 52.7 Å². The molecule has 2 aromatic heterocycles. The monoisotopic (exact) mass is 475 g/mol. The minimum absolute atomic E-state index is 0. The first-order valence-corrected chi connectivity index (χ1v) is 11.6. The summed E-state index contributed by atoms with van der Waals surface area (Å²) in [4.78, 5) is 27.0. The van der Waals surface area contributed by atoms with E-state index in [-0.39, 0.29) is 18.3 Å². The van der Waals surface area contributed by atoms with Crippen molar-refractivity contribution in [2.75, 3.05) is 18.5 Å². The van der Waals surface area contributed by atoms with Gasteiger partial charge in [0, 0.05) is 19.8 Å². The minimum atomic E-state index is -0.0262. The Morgan fingerprint density at radius 2 is 2.03 bits per heavy atom. The molecule has 2 aliphatic heterocycles. The lowest BCUT2D eigenvalue weighted by atomic mass is 10.3. The van der Waals surface area contributed by atoms with Crippen LogP contribution >= 0.6 is 34.4 Å². The zero-order chi connectivity index (χ0) is 20.1. The average Bonchev–Trinajstić information content (AvgIpc) is 3.37. The molecule has 0 atom stereocenters. The first-order valence-electron chi connectivity index (χ1n) is 9.15. The number of aromatic nitrogens is 2. The molecule has 1 amide bonds. The third kappa shape index (κ3) is 3.35. The predicted molar refractivity (Wildman–Crippen MR) is 122 cm³/mol. The Labute approximate surface area is 192 Å². The number of carbonyl (C=O) groups excluding carboxylic acids is 1. The van der Waals surface area contributed by atoms with Gasteiger partial charge in [0.05, 0.1) is 16.3 Å². The van der Waals surface area contributed by atoms with Gasteiger partial charge in [-0.3, -0.25) is 9.69 Å². The molecule has 5 rings (SSSR count). The van der Waals surface area contributed by atoms with Gasteiger partial charge in [-0.15, -0.1) is 11.3 Å². The fraction of sp³-hybridized carbons (Fsp3) is 0.200. The van der Waals surface area contributed by atoms with Crippen molar-refractivity contribution in [3.63, 3.8) is 0 Å². The predicted octanol–water partition coefficient (Wildman–Crippen LogP) is -0.678. The third-order valence-corrected chi connectivity index (χ3v) is 8.14. The highest BCUT2D eigenvalue weighted by Crippen LogP contribution is 2.34. The molecule has 0 bridgehead atoms. The number of para-hydroxylation sites is 1. The van der Waals surface area contributed by atoms with E-state index in [9.17, 15) is 4.79 Å². The largest absolute Gasteiger partial charge is 1.00 e. The second-order valence-corrected chi connectivity index (χ2v) is 9.63. The number of allylic oxidation sites excluding steroid dienone is 1. The molecule has 1 fully saturated rings. The van der Waals surface area contributed by atoms with E-state index in [1.165, 1.54) is 16.5 Å². The highest BCUT2D eigenvalue weighted by Gasteiger charge is 2.38. The zero-order valence-corrected chi connectivity index (χ0v) is 19.7. The number of rotatable bonds is 2. The highest BCUT2D eigenvalue weighted by molar-refractivity contribution is 8.23. The number of fused-ring (bicyclic) bond motifs is 2. The van der Waals surface area contributed by atoms with Crippen LogP contribution in [0.3, 0.4) is 0 Å². The third-order valence-electron chi connectivity index (χ3n) is 4.81. The first kappa shape index (κ1) is 21.0. The summed E-state index contributed by atoms with van der Waals surface area (Å²) in [7, 11) is 3.97. The number of hydrogen-bond donors (Lipinski definition) is 0. The van der Waals surface area contributed by atoms with Crippen molar-refractivity contribution in [2.45, 2.75) is 6.92 Å². The summed E-state index contributed by atoms with van der Waals surface area (Å²) < 4.78 is 5.06. The zero-order valence-electron chi connectivity index (χ0n) is 16.5. The maximum Gasteiger partial charge on any atom is 0.385 e. The van der Waals surface area contributed by atoms with Crippen LogP contribution in [0.1, 0.15) is 6.92 Å². The quantitative estimate of drug-likeness (QED) is 0.461. The molecule has 30 heavy (non-hydrogen) atoms. The molecule has 0 spiro atoms. The molecular formula is C20H18ClN5OS3. The van der Waals surface area contributed by atoms with E-state index in [2.05, 4.69) is 16.7 Å². The number of amides is 1. The number of benzene rings is 1. The summed E-state index contributed by atoms with van der Waals surface area (Å²) in [6.07, 6.45) is 5.99. The Bertz CT molecular complexity index is 1340. The molecule has 1 aromatic carbocycles. The van der Waals surface area contributed by atoms with E-state index in [0.717, 1.165) is 25.7 Å². The van der Waals surface area contributed by atoms with Gasteiger partial charge in [-0.2, -0.15) is 0 Å². The van der Waals surface area contributed by atoms with Crippen molar-refractivity contribution in [1.29, 1.82) is 0 Å². The van der Waals surface area contributed by atoms with Crippen molar-refractivity contribution < 1.29 is 21.8 Å². The van der Waals surface area contributed by atoms with Crippen molar-refractivity contribution in [3.8, 4) is 0 Å². The van der Waals surface area contributed by atoms with Gasteiger partial charge in [0.2, 0.25) is 0 Å². The maximum absolute atomic E-state index is 13.1. The Balaban J connectivity index is 0.00000218. The second-order valence-electron chi connectivity index (χ2n) is 6.61. The number of aryl methyl sites for hydroxylation is 1. The number of aliphatic imine (C=N–C) groups is 1. The van der Waals surface area contributed by atoms with Gasteiger partial charge in [-0.1, -0.05) is 12.1 Å². The summed E-state index contributed by atoms with van der Waals surface area (Å²) in [5, 5.41) is 1.58. The van der Waals surface area contributed by atoms with Crippen molar-refractivity contribution in [2.24, 2.45) is 12.0 Å². The molecule has 3 aromatic rings. The number of hydrogen-bond acceptors (Lipinski definition) is 7. The van der Waals surface area contributed by atoms with Gasteiger partial charge in [0.25, 0.3) is 11.1 Å². The first-order chi connectivity index (χ1) is 14.1. The van der Waals surface area contributed by atoms with Crippen molar-refractivity contribution >= 4 is 77.7 Å². The molecular weight excluding hydrogens is 458 g/mol. The fourth-order valence-electron chi connectivity index (χ4n) is 3.28. The number of carbonyl (C=O) groups is 1. The number of thiazole rings is 2. The van der Waals surface area contributed by atoms with Gasteiger partial charge in [-0.05, 0) is 59.3 Å². The van der Waals surface area contributed by atoms with E-state index in [0.29, 0.717) is 16.6 Å². The number of nitrogens with zero attached hydrogens (tertiary/aromatic N) is 5. The Morgan fingerprint density at radius 3 is 2.77 bits per heavy atom. The number of amidine groups is 1. The summed E-state index contributed by atoms with van der Waals surface area (Å²) in [5.74, 6) is 0.861. The number of anilines is 1. The van der Waals surface area contributed by atoms with E-state index < -0.39 is 0 Å². The standard InChI is InChI=1S/C20H18N5OS3.ClH/c1-4-25-18(26)15(17-21-16-14(27-17)10-7-11-23(16)2)29-20(25)22-19-24(3)12-8-5-6-9-13(12)28-19;/h5-11H,4H2,1-3H3;1H/q+1;/p-1/b17-15-;. The van der Waals surface area contributed by atoms with Crippen LogP contribution in [0.4, 0.5) is 10.9 Å². The van der Waals surface area contributed by atoms with Crippen LogP contribution in [0.25, 0.3) is 21.2 Å². The molecule has 0 unspecified atom stereocenters.